The van der Waals surface area contributed by atoms with E-state index in [1.165, 1.54) is 13.1 Å². The van der Waals surface area contributed by atoms with E-state index in [2.05, 4.69) is 21.8 Å². The molecule has 0 N–H and O–H groups in total. The summed E-state index contributed by atoms with van der Waals surface area (Å²) in [4.78, 5) is 0. The molecule has 0 aromatic rings. The van der Waals surface area contributed by atoms with Crippen LogP contribution in [0.1, 0.15) is 0 Å². The monoisotopic (exact) mass is 290 g/mol. The molecule has 0 atom stereocenters. The summed E-state index contributed by atoms with van der Waals surface area (Å²) in [6.45, 7) is 2.58. The van der Waals surface area contributed by atoms with Crippen LogP contribution in [0.5, 0.6) is 0 Å². The molecule has 1 aliphatic heterocycles. The number of hydrogen-bond acceptors (Lipinski definition) is 2. The van der Waals surface area contributed by atoms with Crippen LogP contribution in [0.3, 0.4) is 0 Å². The fraction of sp³-hybridized carbons (Fsp3) is 1.00. The summed E-state index contributed by atoms with van der Waals surface area (Å²) in [5.41, 5.74) is 0. The first kappa shape index (κ1) is 9.25. The fourth-order valence-corrected chi connectivity index (χ4v) is 2.75. The third-order valence-corrected chi connectivity index (χ3v) is 3.48. The van der Waals surface area contributed by atoms with Gasteiger partial charge in [-0.05, 0) is 0 Å². The largest absolute Gasteiger partial charge is 0 e. The summed E-state index contributed by atoms with van der Waals surface area (Å²) < 4.78 is 4.86. The molecule has 1 fully saturated rings. The van der Waals surface area contributed by atoms with Crippen LogP contribution >= 0.6 is 0 Å². The van der Waals surface area contributed by atoms with E-state index < -0.39 is 0 Å². The molecule has 1 rings (SSSR count). The molecule has 0 unspecified atom stereocenters. The first-order valence-electron chi connectivity index (χ1n) is 2.47. The molecule has 2 nitrogen and oxygen atoms in total. The minimum Gasteiger partial charge on any atom is 0 e. The molecule has 8 heavy (non-hydrogen) atoms. The maximum Gasteiger partial charge on any atom is 0 e. The summed E-state index contributed by atoms with van der Waals surface area (Å²) in [7, 11) is 4.40. The Morgan fingerprint density at radius 1 is 1.12 bits per heavy atom. The molecule has 1 saturated heterocycles. The molecule has 0 bridgehead atoms. The van der Waals surface area contributed by atoms with Crippen molar-refractivity contribution in [3.05, 3.63) is 0 Å². The van der Waals surface area contributed by atoms with Crippen LogP contribution in [0.25, 0.3) is 0 Å². The van der Waals surface area contributed by atoms with Gasteiger partial charge in [0.25, 0.3) is 0 Å². The van der Waals surface area contributed by atoms with E-state index in [9.17, 15) is 0 Å². The van der Waals surface area contributed by atoms with Crippen molar-refractivity contribution < 1.29 is 0 Å². The number of likely N-dealkylation sites (N-methyl/N-ethyl adjacent to an activating group) is 2. The van der Waals surface area contributed by atoms with Crippen LogP contribution in [0.15, 0.2) is 0 Å². The first-order valence-corrected chi connectivity index (χ1v) is 4.35. The first-order chi connectivity index (χ1) is 3.29. The molecule has 4 radical (unpaired) electrons. The van der Waals surface area contributed by atoms with Gasteiger partial charge in [0.05, 0.1) is 0 Å². The topological polar surface area (TPSA) is 6.48 Å². The maximum absolute atomic E-state index is 2.43. The number of nitrogens with zero attached hydrogens (tertiary/aromatic N) is 2. The SMILES string of the molecule is C[N]1CC[N](C)[Ge]1.[Te]. The second-order valence-electron chi connectivity index (χ2n) is 1.94. The van der Waals surface area contributed by atoms with Crippen molar-refractivity contribution in [3.63, 3.8) is 0 Å². The van der Waals surface area contributed by atoms with Gasteiger partial charge in [0.1, 0.15) is 0 Å². The van der Waals surface area contributed by atoms with E-state index in [0.717, 1.165) is 0 Å². The smallest absolute Gasteiger partial charge is 0 e. The predicted molar refractivity (Wildman–Crippen MR) is 36.8 cm³/mol. The van der Waals surface area contributed by atoms with Gasteiger partial charge in [-0.25, -0.2) is 0 Å². The second kappa shape index (κ2) is 4.13. The van der Waals surface area contributed by atoms with Gasteiger partial charge in [-0.1, -0.05) is 0 Å². The molecule has 1 aliphatic rings. The molecule has 0 aromatic carbocycles. The standard InChI is InChI=1S/C4H10GeN2.Te/c1-6-3-4-7(2)5-6;/h3-4H2,1-2H3;. The van der Waals surface area contributed by atoms with Gasteiger partial charge in [-0.3, -0.25) is 0 Å². The van der Waals surface area contributed by atoms with Gasteiger partial charge in [-0.15, -0.1) is 0 Å². The predicted octanol–water partition coefficient (Wildman–Crippen LogP) is -0.983. The van der Waals surface area contributed by atoms with E-state index in [-0.39, 0.29) is 39.5 Å². The molecule has 46 valence electrons. The molecule has 0 aliphatic carbocycles. The van der Waals surface area contributed by atoms with E-state index >= 15 is 0 Å². The summed E-state index contributed by atoms with van der Waals surface area (Å²) in [5, 5.41) is 0. The van der Waals surface area contributed by atoms with E-state index in [4.69, 9.17) is 0 Å². The van der Waals surface area contributed by atoms with E-state index in [1.54, 1.807) is 0 Å². The molecule has 0 saturated carbocycles. The Labute approximate surface area is 74.2 Å². The Balaban J connectivity index is 0.000000490. The zero-order chi connectivity index (χ0) is 5.28. The Morgan fingerprint density at radius 2 is 1.50 bits per heavy atom. The van der Waals surface area contributed by atoms with Crippen molar-refractivity contribution in [3.8, 4) is 0 Å². The van der Waals surface area contributed by atoms with Crippen molar-refractivity contribution in [1.29, 1.82) is 0 Å². The molecule has 4 heteroatoms. The molecule has 0 aromatic heterocycles. The van der Waals surface area contributed by atoms with Gasteiger partial charge in [-0.2, -0.15) is 0 Å². The number of hydrogen-bond donors (Lipinski definition) is 0. The molecule has 1 heterocycles. The van der Waals surface area contributed by atoms with Crippen molar-refractivity contribution in [2.75, 3.05) is 27.2 Å². The normalized spacial score (nSPS) is 23.2. The Hall–Kier alpha value is 1.25. The maximum atomic E-state index is 2.43. The van der Waals surface area contributed by atoms with Crippen LogP contribution in [0, 0.1) is 0 Å². The summed E-state index contributed by atoms with van der Waals surface area (Å²) >= 11 is 0.167. The minimum atomic E-state index is 0. The third-order valence-electron chi connectivity index (χ3n) is 1.11. The Kier molecular flexibility index (Phi) is 4.78. The molecular weight excluding hydrogens is 276 g/mol. The third kappa shape index (κ3) is 2.70. The van der Waals surface area contributed by atoms with Crippen molar-refractivity contribution in [1.82, 2.24) is 7.71 Å². The quantitative estimate of drug-likeness (QED) is 0.528. The van der Waals surface area contributed by atoms with Crippen molar-refractivity contribution >= 4 is 39.5 Å². The summed E-state index contributed by atoms with van der Waals surface area (Å²) in [5.74, 6) is 0. The zero-order valence-electron chi connectivity index (χ0n) is 5.22. The van der Waals surface area contributed by atoms with Crippen LogP contribution in [-0.2, 0) is 0 Å². The van der Waals surface area contributed by atoms with Crippen molar-refractivity contribution in [2.24, 2.45) is 0 Å². The molecule has 0 amide bonds. The number of rotatable bonds is 0. The van der Waals surface area contributed by atoms with Crippen LogP contribution < -0.4 is 0 Å². The molecular formula is C4H10GeN2Te. The zero-order valence-corrected chi connectivity index (χ0v) is 9.65. The summed E-state index contributed by atoms with van der Waals surface area (Å²) in [6, 6.07) is 0. The van der Waals surface area contributed by atoms with Gasteiger partial charge in [0.15, 0.2) is 0 Å². The fourth-order valence-electron chi connectivity index (χ4n) is 0.691. The van der Waals surface area contributed by atoms with Gasteiger partial charge in [0, 0.05) is 23.7 Å². The Bertz CT molecular complexity index is 63.1. The van der Waals surface area contributed by atoms with Crippen LogP contribution in [-0.4, -0.2) is 74.4 Å². The average molecular weight is 286 g/mol. The second-order valence-corrected chi connectivity index (χ2v) is 5.57. The minimum absolute atomic E-state index is 0. The van der Waals surface area contributed by atoms with Gasteiger partial charge in [0.2, 0.25) is 0 Å². The average Bonchev–Trinajstić information content (AvgIpc) is 1.87. The van der Waals surface area contributed by atoms with E-state index in [0.29, 0.717) is 0 Å². The molecule has 0 spiro atoms. The van der Waals surface area contributed by atoms with Crippen molar-refractivity contribution in [2.45, 2.75) is 0 Å². The Morgan fingerprint density at radius 3 is 1.62 bits per heavy atom. The van der Waals surface area contributed by atoms with Crippen LogP contribution in [0.4, 0.5) is 0 Å². The van der Waals surface area contributed by atoms with Gasteiger partial charge >= 0.3 is 50.8 Å². The van der Waals surface area contributed by atoms with E-state index in [1.807, 2.05) is 0 Å². The van der Waals surface area contributed by atoms with Gasteiger partial charge < -0.3 is 0 Å². The van der Waals surface area contributed by atoms with Crippen LogP contribution in [0.2, 0.25) is 0 Å². The summed E-state index contributed by atoms with van der Waals surface area (Å²) in [6.07, 6.45) is 0.